The molecule has 1 aromatic heterocycles. The first-order valence-electron chi connectivity index (χ1n) is 6.36. The molecule has 1 aromatic carbocycles. The lowest BCUT2D eigenvalue weighted by molar-refractivity contribution is -0.137. The van der Waals surface area contributed by atoms with E-state index in [9.17, 15) is 23.2 Å². The van der Waals surface area contributed by atoms with Gasteiger partial charge in [-0.05, 0) is 24.0 Å². The predicted octanol–water partition coefficient (Wildman–Crippen LogP) is 3.11. The van der Waals surface area contributed by atoms with Gasteiger partial charge in [-0.1, -0.05) is 6.07 Å². The van der Waals surface area contributed by atoms with Gasteiger partial charge in [0.25, 0.3) is 5.56 Å². The molecule has 0 radical (unpaired) electrons. The second-order valence-corrected chi connectivity index (χ2v) is 5.51. The van der Waals surface area contributed by atoms with Crippen molar-refractivity contribution in [1.82, 2.24) is 4.98 Å². The van der Waals surface area contributed by atoms with Crippen molar-refractivity contribution >= 4 is 17.6 Å². The van der Waals surface area contributed by atoms with Gasteiger partial charge >= 0.3 is 6.18 Å². The molecule has 0 amide bonds. The van der Waals surface area contributed by atoms with Crippen molar-refractivity contribution in [2.45, 2.75) is 11.1 Å². The fourth-order valence-corrected chi connectivity index (χ4v) is 2.66. The molecule has 2 aromatic rings. The van der Waals surface area contributed by atoms with Crippen molar-refractivity contribution in [2.75, 3.05) is 12.0 Å². The zero-order valence-corrected chi connectivity index (χ0v) is 13.0. The highest BCUT2D eigenvalue weighted by molar-refractivity contribution is 7.98. The summed E-state index contributed by atoms with van der Waals surface area (Å²) in [4.78, 5) is 14.3. The lowest BCUT2D eigenvalue weighted by Crippen LogP contribution is -2.18. The van der Waals surface area contributed by atoms with Crippen LogP contribution in [-0.4, -0.2) is 11.2 Å². The van der Waals surface area contributed by atoms with Gasteiger partial charge < -0.3 is 10.7 Å². The topological polar surface area (TPSA) is 106 Å². The first-order valence-corrected chi connectivity index (χ1v) is 7.58. The summed E-state index contributed by atoms with van der Waals surface area (Å²) in [6.07, 6.45) is -3.13. The van der Waals surface area contributed by atoms with E-state index in [1.54, 1.807) is 18.4 Å². The van der Waals surface area contributed by atoms with E-state index in [1.165, 1.54) is 6.07 Å². The molecule has 24 heavy (non-hydrogen) atoms. The van der Waals surface area contributed by atoms with Crippen molar-refractivity contribution in [3.63, 3.8) is 0 Å². The Bertz CT molecular complexity index is 951. The summed E-state index contributed by atoms with van der Waals surface area (Å²) in [7, 11) is 0. The summed E-state index contributed by atoms with van der Waals surface area (Å²) >= 11 is 1.11. The number of thioether (sulfide) groups is 1. The van der Waals surface area contributed by atoms with Crippen molar-refractivity contribution < 1.29 is 13.2 Å². The van der Waals surface area contributed by atoms with Crippen molar-refractivity contribution in [1.29, 1.82) is 10.5 Å². The molecule has 9 heteroatoms. The van der Waals surface area contributed by atoms with Crippen LogP contribution in [0, 0.1) is 22.7 Å². The largest absolute Gasteiger partial charge is 0.417 e. The van der Waals surface area contributed by atoms with E-state index in [0.717, 1.165) is 23.9 Å². The van der Waals surface area contributed by atoms with Crippen LogP contribution in [0.25, 0.3) is 11.1 Å². The van der Waals surface area contributed by atoms with E-state index in [2.05, 4.69) is 4.98 Å². The number of alkyl halides is 3. The number of nitrogens with one attached hydrogen (secondary N) is 1. The van der Waals surface area contributed by atoms with Crippen LogP contribution in [0.3, 0.4) is 0 Å². The van der Waals surface area contributed by atoms with E-state index in [0.29, 0.717) is 4.90 Å². The number of pyridine rings is 1. The van der Waals surface area contributed by atoms with Crippen LogP contribution in [0.15, 0.2) is 27.9 Å². The summed E-state index contributed by atoms with van der Waals surface area (Å²) in [5, 5.41) is 18.4. The molecule has 5 nitrogen and oxygen atoms in total. The minimum atomic E-state index is -4.74. The van der Waals surface area contributed by atoms with Gasteiger partial charge in [-0.3, -0.25) is 4.79 Å². The number of rotatable bonds is 2. The van der Waals surface area contributed by atoms with Gasteiger partial charge in [0.05, 0.1) is 5.56 Å². The van der Waals surface area contributed by atoms with Gasteiger partial charge in [0.2, 0.25) is 0 Å². The van der Waals surface area contributed by atoms with Crippen LogP contribution in [0.1, 0.15) is 16.7 Å². The zero-order chi connectivity index (χ0) is 18.1. The number of aromatic nitrogens is 1. The van der Waals surface area contributed by atoms with Crippen LogP contribution < -0.4 is 11.3 Å². The number of hydrogen-bond acceptors (Lipinski definition) is 5. The Morgan fingerprint density at radius 2 is 1.83 bits per heavy atom. The van der Waals surface area contributed by atoms with E-state index < -0.39 is 39.8 Å². The number of benzene rings is 1. The van der Waals surface area contributed by atoms with Crippen LogP contribution >= 0.6 is 11.8 Å². The van der Waals surface area contributed by atoms with Crippen LogP contribution in [0.5, 0.6) is 0 Å². The van der Waals surface area contributed by atoms with Crippen LogP contribution in [0.4, 0.5) is 19.0 Å². The lowest BCUT2D eigenvalue weighted by atomic mass is 9.92. The SMILES string of the molecule is CSc1ccc(-c2c(C#N)c(N)[nH]c(=O)c2C#N)c(C(F)(F)F)c1. The first-order chi connectivity index (χ1) is 11.2. The average Bonchev–Trinajstić information content (AvgIpc) is 2.52. The number of nitriles is 2. The van der Waals surface area contributed by atoms with Gasteiger partial charge in [0, 0.05) is 10.5 Å². The number of nitrogens with two attached hydrogens (primary N) is 1. The Balaban J connectivity index is 3.01. The molecule has 0 unspecified atom stereocenters. The Kier molecular flexibility index (Phi) is 4.58. The molecule has 122 valence electrons. The van der Waals surface area contributed by atoms with Gasteiger partial charge in [-0.15, -0.1) is 11.8 Å². The molecule has 3 N–H and O–H groups in total. The second-order valence-electron chi connectivity index (χ2n) is 4.63. The normalized spacial score (nSPS) is 10.9. The fraction of sp³-hybridized carbons (Fsp3) is 0.133. The third-order valence-corrected chi connectivity index (χ3v) is 4.00. The molecule has 0 spiro atoms. The number of aromatic amines is 1. The smallest absolute Gasteiger partial charge is 0.384 e. The van der Waals surface area contributed by atoms with E-state index in [4.69, 9.17) is 11.0 Å². The van der Waals surface area contributed by atoms with Crippen molar-refractivity contribution in [3.8, 4) is 23.3 Å². The molecule has 0 bridgehead atoms. The minimum absolute atomic E-state index is 0.348. The fourth-order valence-electron chi connectivity index (χ4n) is 2.22. The highest BCUT2D eigenvalue weighted by Crippen LogP contribution is 2.41. The Hall–Kier alpha value is -2.91. The molecule has 0 aliphatic heterocycles. The molecule has 0 aliphatic rings. The Labute approximate surface area is 138 Å². The van der Waals surface area contributed by atoms with Crippen molar-refractivity contribution in [2.24, 2.45) is 0 Å². The molecule has 0 fully saturated rings. The Morgan fingerprint density at radius 1 is 1.21 bits per heavy atom. The molecule has 1 heterocycles. The van der Waals surface area contributed by atoms with E-state index >= 15 is 0 Å². The highest BCUT2D eigenvalue weighted by atomic mass is 32.2. The summed E-state index contributed by atoms with van der Waals surface area (Å²) < 4.78 is 40.3. The molecular formula is C15H9F3N4OS. The van der Waals surface area contributed by atoms with E-state index in [1.807, 2.05) is 0 Å². The maximum absolute atomic E-state index is 13.4. The maximum atomic E-state index is 13.4. The number of anilines is 1. The van der Waals surface area contributed by atoms with E-state index in [-0.39, 0.29) is 5.56 Å². The lowest BCUT2D eigenvalue weighted by Gasteiger charge is -2.16. The third kappa shape index (κ3) is 2.94. The quantitative estimate of drug-likeness (QED) is 0.810. The number of nitrogen functional groups attached to an aromatic ring is 1. The molecule has 0 aliphatic carbocycles. The maximum Gasteiger partial charge on any atom is 0.417 e. The average molecular weight is 350 g/mol. The summed E-state index contributed by atoms with van der Waals surface area (Å²) in [6, 6.07) is 6.64. The Morgan fingerprint density at radius 3 is 2.33 bits per heavy atom. The number of halogens is 3. The number of H-pyrrole nitrogens is 1. The molecule has 0 saturated heterocycles. The number of nitrogens with zero attached hydrogens (tertiary/aromatic N) is 2. The standard InChI is InChI=1S/C15H9F3N4OS/c1-24-7-2-3-8(11(4-7)15(16,17)18)12-9(5-19)13(21)22-14(23)10(12)6-20/h2-4H,1H3,(H3,21,22,23). The van der Waals surface area contributed by atoms with Gasteiger partial charge in [-0.2, -0.15) is 23.7 Å². The van der Waals surface area contributed by atoms with Crippen LogP contribution in [-0.2, 0) is 6.18 Å². The molecule has 0 atom stereocenters. The predicted molar refractivity (Wildman–Crippen MR) is 83.1 cm³/mol. The molecular weight excluding hydrogens is 341 g/mol. The summed E-state index contributed by atoms with van der Waals surface area (Å²) in [5.41, 5.74) is 1.71. The monoisotopic (exact) mass is 350 g/mol. The van der Waals surface area contributed by atoms with Crippen molar-refractivity contribution in [3.05, 3.63) is 45.2 Å². The highest BCUT2D eigenvalue weighted by Gasteiger charge is 2.35. The summed E-state index contributed by atoms with van der Waals surface area (Å²) in [5.74, 6) is -0.390. The zero-order valence-electron chi connectivity index (χ0n) is 12.2. The van der Waals surface area contributed by atoms with Crippen LogP contribution in [0.2, 0.25) is 0 Å². The molecule has 2 rings (SSSR count). The third-order valence-electron chi connectivity index (χ3n) is 3.27. The van der Waals surface area contributed by atoms with Gasteiger partial charge in [0.15, 0.2) is 0 Å². The van der Waals surface area contributed by atoms with Gasteiger partial charge in [-0.25, -0.2) is 0 Å². The second kappa shape index (κ2) is 6.30. The molecule has 0 saturated carbocycles. The number of hydrogen-bond donors (Lipinski definition) is 2. The first kappa shape index (κ1) is 17.4. The van der Waals surface area contributed by atoms with Gasteiger partial charge in [0.1, 0.15) is 29.1 Å². The minimum Gasteiger partial charge on any atom is -0.384 e. The summed E-state index contributed by atoms with van der Waals surface area (Å²) in [6.45, 7) is 0.